The van der Waals surface area contributed by atoms with Gasteiger partial charge in [0.05, 0.1) is 0 Å². The zero-order chi connectivity index (χ0) is 27.4. The van der Waals surface area contributed by atoms with Crippen LogP contribution in [0.15, 0.2) is 60.9 Å². The average Bonchev–Trinajstić information content (AvgIpc) is 2.93. The van der Waals surface area contributed by atoms with Crippen LogP contribution in [0.2, 0.25) is 0 Å². The van der Waals surface area contributed by atoms with Crippen LogP contribution < -0.4 is 10.1 Å². The molecule has 1 fully saturated rings. The maximum Gasteiger partial charge on any atom is 0.387 e. The van der Waals surface area contributed by atoms with Crippen molar-refractivity contribution in [2.75, 3.05) is 32.0 Å². The first-order valence-corrected chi connectivity index (χ1v) is 12.2. The Kier molecular flexibility index (Phi) is 11.4. The second-order valence-electron chi connectivity index (χ2n) is 7.44. The average molecular weight is 514 g/mol. The molecular formula is C27H33F2N5O3. The Bertz CT molecular complexity index is 1120. The Hall–Kier alpha value is -4.08. The highest BCUT2D eigenvalue weighted by Gasteiger charge is 2.25. The summed E-state index contributed by atoms with van der Waals surface area (Å²) >= 11 is 0. The highest BCUT2D eigenvalue weighted by atomic mass is 19.3. The Balaban J connectivity index is 0.00000115. The Morgan fingerprint density at radius 1 is 0.919 bits per heavy atom. The van der Waals surface area contributed by atoms with E-state index in [2.05, 4.69) is 20.0 Å². The molecule has 0 atom stereocenters. The molecule has 8 nitrogen and oxygen atoms in total. The summed E-state index contributed by atoms with van der Waals surface area (Å²) in [6, 6.07) is 13.0. The summed E-state index contributed by atoms with van der Waals surface area (Å²) in [7, 11) is 1.72. The molecule has 0 unspecified atom stereocenters. The van der Waals surface area contributed by atoms with Gasteiger partial charge in [-0.1, -0.05) is 39.8 Å². The topological polar surface area (TPSA) is 87.7 Å². The molecule has 1 aliphatic rings. The molecule has 2 amide bonds. The van der Waals surface area contributed by atoms with Crippen molar-refractivity contribution in [2.24, 2.45) is 0 Å². The molecule has 37 heavy (non-hydrogen) atoms. The number of alkyl halides is 2. The first-order valence-electron chi connectivity index (χ1n) is 12.2. The molecule has 10 heteroatoms. The molecule has 0 spiro atoms. The third kappa shape index (κ3) is 8.23. The van der Waals surface area contributed by atoms with E-state index in [-0.39, 0.29) is 24.1 Å². The number of ether oxygens (including phenoxy) is 1. The van der Waals surface area contributed by atoms with Crippen molar-refractivity contribution in [2.45, 2.75) is 34.3 Å². The lowest BCUT2D eigenvalue weighted by Gasteiger charge is -2.32. The second-order valence-corrected chi connectivity index (χ2v) is 7.44. The van der Waals surface area contributed by atoms with Crippen LogP contribution in [0.5, 0.6) is 5.75 Å². The Morgan fingerprint density at radius 2 is 1.51 bits per heavy atom. The van der Waals surface area contributed by atoms with Gasteiger partial charge >= 0.3 is 6.61 Å². The van der Waals surface area contributed by atoms with Crippen LogP contribution in [0, 0.1) is 0 Å². The first kappa shape index (κ1) is 29.2. The molecule has 1 aromatic heterocycles. The van der Waals surface area contributed by atoms with Gasteiger partial charge in [-0.05, 0) is 42.0 Å². The summed E-state index contributed by atoms with van der Waals surface area (Å²) in [5.74, 6) is 0.175. The lowest BCUT2D eigenvalue weighted by molar-refractivity contribution is -0.133. The molecule has 1 N–H and O–H groups in total. The summed E-state index contributed by atoms with van der Waals surface area (Å²) in [5.41, 5.74) is 2.66. The van der Waals surface area contributed by atoms with E-state index < -0.39 is 6.61 Å². The summed E-state index contributed by atoms with van der Waals surface area (Å²) < 4.78 is 28.9. The van der Waals surface area contributed by atoms with E-state index >= 15 is 0 Å². The van der Waals surface area contributed by atoms with Gasteiger partial charge < -0.3 is 19.9 Å². The van der Waals surface area contributed by atoms with E-state index in [1.54, 1.807) is 65.6 Å². The molecule has 2 aromatic carbocycles. The maximum absolute atomic E-state index is 12.6. The Labute approximate surface area is 216 Å². The number of amides is 2. The van der Waals surface area contributed by atoms with Gasteiger partial charge in [-0.2, -0.15) is 8.78 Å². The molecule has 1 aliphatic heterocycles. The molecule has 4 rings (SSSR count). The van der Waals surface area contributed by atoms with Crippen LogP contribution in [-0.2, 0) is 4.79 Å². The number of hydrogen-bond donors (Lipinski definition) is 1. The van der Waals surface area contributed by atoms with Gasteiger partial charge in [0.1, 0.15) is 12.3 Å². The summed E-state index contributed by atoms with van der Waals surface area (Å²) in [6.45, 7) is 6.24. The van der Waals surface area contributed by atoms with Gasteiger partial charge in [-0.25, -0.2) is 9.97 Å². The van der Waals surface area contributed by atoms with Crippen molar-refractivity contribution in [1.29, 1.82) is 0 Å². The van der Waals surface area contributed by atoms with Crippen molar-refractivity contribution in [3.05, 3.63) is 66.5 Å². The third-order valence-corrected chi connectivity index (χ3v) is 5.20. The molecule has 0 radical (unpaired) electrons. The van der Waals surface area contributed by atoms with Crippen LogP contribution >= 0.6 is 0 Å². The lowest BCUT2D eigenvalue weighted by Crippen LogP contribution is -2.50. The van der Waals surface area contributed by atoms with Crippen molar-refractivity contribution in [3.63, 3.8) is 0 Å². The standard InChI is InChI=1S/C23H21F2N5O3.2C2H6/c1-29-10-11-30(14-20(29)31)21(32)16-2-6-18(7-3-16)28-23-26-12-17(13-27-23)15-4-8-19(9-5-15)33-22(24)25;2*1-2/h2-9,12-13,22H,10-11,14H2,1H3,(H,26,27,28);2*1-2H3. The largest absolute Gasteiger partial charge is 0.435 e. The quantitative estimate of drug-likeness (QED) is 0.471. The number of rotatable bonds is 6. The van der Waals surface area contributed by atoms with Crippen LogP contribution in [0.25, 0.3) is 11.1 Å². The Morgan fingerprint density at radius 3 is 2.05 bits per heavy atom. The van der Waals surface area contributed by atoms with Crippen molar-refractivity contribution in [1.82, 2.24) is 19.8 Å². The number of halogens is 2. The third-order valence-electron chi connectivity index (χ3n) is 5.20. The molecular weight excluding hydrogens is 480 g/mol. The number of carbonyl (C=O) groups excluding carboxylic acids is 2. The minimum absolute atomic E-state index is 0.0779. The number of benzene rings is 2. The van der Waals surface area contributed by atoms with Gasteiger partial charge in [-0.15, -0.1) is 0 Å². The van der Waals surface area contributed by atoms with E-state index in [0.29, 0.717) is 35.9 Å². The number of likely N-dealkylation sites (N-methyl/N-ethyl adjacent to an activating group) is 1. The van der Waals surface area contributed by atoms with Crippen LogP contribution in [0.4, 0.5) is 20.4 Å². The zero-order valence-electron chi connectivity index (χ0n) is 21.7. The molecule has 198 valence electrons. The normalized spacial score (nSPS) is 12.7. The lowest BCUT2D eigenvalue weighted by atomic mass is 10.1. The number of carbonyl (C=O) groups is 2. The fourth-order valence-electron chi connectivity index (χ4n) is 3.31. The summed E-state index contributed by atoms with van der Waals surface area (Å²) in [4.78, 5) is 36.2. The van der Waals surface area contributed by atoms with Crippen LogP contribution in [-0.4, -0.2) is 64.9 Å². The maximum atomic E-state index is 12.6. The monoisotopic (exact) mass is 513 g/mol. The van der Waals surface area contributed by atoms with E-state index in [1.807, 2.05) is 27.7 Å². The van der Waals surface area contributed by atoms with Gasteiger partial charge in [0.25, 0.3) is 5.91 Å². The second kappa shape index (κ2) is 14.5. The van der Waals surface area contributed by atoms with Gasteiger partial charge in [-0.3, -0.25) is 9.59 Å². The number of nitrogens with one attached hydrogen (secondary N) is 1. The summed E-state index contributed by atoms with van der Waals surface area (Å²) in [6.07, 6.45) is 3.22. The SMILES string of the molecule is CC.CC.CN1CCN(C(=O)c2ccc(Nc3ncc(-c4ccc(OC(F)F)cc4)cn3)cc2)CC1=O. The number of nitrogens with zero attached hydrogens (tertiary/aromatic N) is 4. The number of piperazine rings is 1. The van der Waals surface area contributed by atoms with Crippen molar-refractivity contribution < 1.29 is 23.1 Å². The molecule has 0 bridgehead atoms. The van der Waals surface area contributed by atoms with E-state index in [9.17, 15) is 18.4 Å². The van der Waals surface area contributed by atoms with E-state index in [1.165, 1.54) is 12.1 Å². The molecule has 0 saturated carbocycles. The minimum Gasteiger partial charge on any atom is -0.435 e. The first-order chi connectivity index (χ1) is 17.9. The van der Waals surface area contributed by atoms with E-state index in [0.717, 1.165) is 5.56 Å². The number of anilines is 2. The molecule has 0 aliphatic carbocycles. The minimum atomic E-state index is -2.87. The van der Waals surface area contributed by atoms with E-state index in [4.69, 9.17) is 0 Å². The fraction of sp³-hybridized carbons (Fsp3) is 0.333. The number of hydrogen-bond acceptors (Lipinski definition) is 6. The van der Waals surface area contributed by atoms with Crippen molar-refractivity contribution >= 4 is 23.5 Å². The van der Waals surface area contributed by atoms with Crippen molar-refractivity contribution in [3.8, 4) is 16.9 Å². The molecule has 1 saturated heterocycles. The van der Waals surface area contributed by atoms with Gasteiger partial charge in [0, 0.05) is 49.3 Å². The summed E-state index contributed by atoms with van der Waals surface area (Å²) in [5, 5.41) is 3.06. The van der Waals surface area contributed by atoms with Crippen LogP contribution in [0.1, 0.15) is 38.1 Å². The van der Waals surface area contributed by atoms with Gasteiger partial charge in [0.15, 0.2) is 0 Å². The highest BCUT2D eigenvalue weighted by Crippen LogP contribution is 2.23. The number of aromatic nitrogens is 2. The zero-order valence-corrected chi connectivity index (χ0v) is 21.7. The predicted molar refractivity (Wildman–Crippen MR) is 140 cm³/mol. The van der Waals surface area contributed by atoms with Crippen LogP contribution in [0.3, 0.4) is 0 Å². The molecule has 3 aromatic rings. The molecule has 2 heterocycles. The predicted octanol–water partition coefficient (Wildman–Crippen LogP) is 5.46. The highest BCUT2D eigenvalue weighted by molar-refractivity contribution is 5.97. The smallest absolute Gasteiger partial charge is 0.387 e. The van der Waals surface area contributed by atoms with Gasteiger partial charge in [0.2, 0.25) is 11.9 Å². The fourth-order valence-corrected chi connectivity index (χ4v) is 3.31.